The number of carbonyl (C=O) groups excluding carboxylic acids is 1. The maximum Gasteiger partial charge on any atom is 0.244 e. The maximum absolute atomic E-state index is 12.1. The smallest absolute Gasteiger partial charge is 0.244 e. The summed E-state index contributed by atoms with van der Waals surface area (Å²) in [7, 11) is 1.68. The maximum atomic E-state index is 12.1. The van der Waals surface area contributed by atoms with Crippen LogP contribution in [0, 0.1) is 0 Å². The highest BCUT2D eigenvalue weighted by atomic mass is 127. The number of hydrogen-bond donors (Lipinski definition) is 2. The minimum Gasteiger partial charge on any atom is -0.496 e. The second-order valence-electron chi connectivity index (χ2n) is 5.77. The second kappa shape index (κ2) is 11.9. The molecule has 0 aromatic heterocycles. The van der Waals surface area contributed by atoms with Crippen LogP contribution in [0.4, 0.5) is 0 Å². The number of nitrogens with zero attached hydrogens (tertiary/aromatic N) is 2. The Balaban J connectivity index is 0.00000312. The number of ether oxygens (including phenoxy) is 1. The number of hydrogen-bond acceptors (Lipinski definition) is 3. The van der Waals surface area contributed by atoms with Gasteiger partial charge in [0.05, 0.1) is 7.11 Å². The largest absolute Gasteiger partial charge is 0.496 e. The summed E-state index contributed by atoms with van der Waals surface area (Å²) in [5.41, 5.74) is 1.15. The van der Waals surface area contributed by atoms with E-state index in [9.17, 15) is 4.79 Å². The van der Waals surface area contributed by atoms with Crippen LogP contribution < -0.4 is 15.4 Å². The molecule has 0 radical (unpaired) electrons. The molecule has 0 bridgehead atoms. The Kier molecular flexibility index (Phi) is 10.3. The second-order valence-corrected chi connectivity index (χ2v) is 5.77. The van der Waals surface area contributed by atoms with E-state index >= 15 is 0 Å². The van der Waals surface area contributed by atoms with Gasteiger partial charge in [0.15, 0.2) is 5.96 Å². The number of para-hydroxylation sites is 1. The molecule has 0 saturated carbocycles. The fourth-order valence-corrected chi connectivity index (χ4v) is 2.78. The number of halogens is 1. The molecule has 1 aliphatic rings. The van der Waals surface area contributed by atoms with Gasteiger partial charge >= 0.3 is 0 Å². The van der Waals surface area contributed by atoms with Gasteiger partial charge in [-0.05, 0) is 37.8 Å². The molecule has 7 heteroatoms. The first-order valence-electron chi connectivity index (χ1n) is 8.66. The van der Waals surface area contributed by atoms with Crippen molar-refractivity contribution in [2.24, 2.45) is 4.99 Å². The standard InChI is InChI=1S/C18H28N4O2.HI/c1-3-19-18(21-14-17(23)22-12-6-7-13-22)20-11-10-15-8-4-5-9-16(15)24-2;/h4-5,8-9H,3,6-7,10-14H2,1-2H3,(H2,19,20,21);1H. The number of carbonyl (C=O) groups is 1. The molecule has 1 heterocycles. The summed E-state index contributed by atoms with van der Waals surface area (Å²) in [4.78, 5) is 18.4. The third kappa shape index (κ3) is 7.09. The van der Waals surface area contributed by atoms with E-state index in [4.69, 9.17) is 4.74 Å². The molecule has 1 saturated heterocycles. The molecule has 0 aliphatic carbocycles. The van der Waals surface area contributed by atoms with Crippen molar-refractivity contribution < 1.29 is 9.53 Å². The van der Waals surface area contributed by atoms with Crippen LogP contribution in [-0.4, -0.2) is 56.6 Å². The zero-order valence-electron chi connectivity index (χ0n) is 15.1. The first kappa shape index (κ1) is 21.5. The van der Waals surface area contributed by atoms with E-state index in [1.165, 1.54) is 0 Å². The normalized spacial score (nSPS) is 14.0. The van der Waals surface area contributed by atoms with E-state index in [0.29, 0.717) is 5.96 Å². The fourth-order valence-electron chi connectivity index (χ4n) is 2.78. The van der Waals surface area contributed by atoms with Gasteiger partial charge in [-0.15, -0.1) is 24.0 Å². The third-order valence-corrected chi connectivity index (χ3v) is 4.05. The molecule has 0 spiro atoms. The molecule has 1 fully saturated rings. The fraction of sp³-hybridized carbons (Fsp3) is 0.556. The van der Waals surface area contributed by atoms with Crippen LogP contribution in [-0.2, 0) is 11.2 Å². The highest BCUT2D eigenvalue weighted by molar-refractivity contribution is 14.0. The lowest BCUT2D eigenvalue weighted by atomic mass is 10.1. The average Bonchev–Trinajstić information content (AvgIpc) is 3.14. The SMILES string of the molecule is CCNC(=NCC(=O)N1CCCC1)NCCc1ccccc1OC.I. The number of likely N-dealkylation sites (tertiary alicyclic amines) is 1. The number of rotatable bonds is 7. The van der Waals surface area contributed by atoms with Crippen molar-refractivity contribution in [3.05, 3.63) is 29.8 Å². The van der Waals surface area contributed by atoms with Gasteiger partial charge in [0.25, 0.3) is 0 Å². The van der Waals surface area contributed by atoms with E-state index in [1.807, 2.05) is 30.0 Å². The van der Waals surface area contributed by atoms with Crippen molar-refractivity contribution in [1.82, 2.24) is 15.5 Å². The van der Waals surface area contributed by atoms with Crippen LogP contribution in [0.2, 0.25) is 0 Å². The highest BCUT2D eigenvalue weighted by Crippen LogP contribution is 2.17. The monoisotopic (exact) mass is 460 g/mol. The van der Waals surface area contributed by atoms with Crippen LogP contribution >= 0.6 is 24.0 Å². The predicted octanol–water partition coefficient (Wildman–Crippen LogP) is 2.03. The van der Waals surface area contributed by atoms with Gasteiger partial charge in [-0.25, -0.2) is 4.99 Å². The molecule has 1 aromatic rings. The molecule has 25 heavy (non-hydrogen) atoms. The Morgan fingerprint density at radius 3 is 2.64 bits per heavy atom. The molecule has 1 amide bonds. The van der Waals surface area contributed by atoms with Gasteiger partial charge in [0, 0.05) is 26.2 Å². The minimum atomic E-state index is 0. The average molecular weight is 460 g/mol. The Labute approximate surface area is 167 Å². The van der Waals surface area contributed by atoms with E-state index in [1.54, 1.807) is 7.11 Å². The number of aliphatic imine (C=N–C) groups is 1. The number of methoxy groups -OCH3 is 1. The molecule has 2 rings (SSSR count). The summed E-state index contributed by atoms with van der Waals surface area (Å²) >= 11 is 0. The first-order valence-corrected chi connectivity index (χ1v) is 8.66. The summed E-state index contributed by atoms with van der Waals surface area (Å²) in [5.74, 6) is 1.68. The lowest BCUT2D eigenvalue weighted by Gasteiger charge is -2.15. The Morgan fingerprint density at radius 2 is 1.96 bits per heavy atom. The van der Waals surface area contributed by atoms with Crippen LogP contribution in [0.1, 0.15) is 25.3 Å². The van der Waals surface area contributed by atoms with Crippen molar-refractivity contribution in [1.29, 1.82) is 0 Å². The topological polar surface area (TPSA) is 66.0 Å². The van der Waals surface area contributed by atoms with Crippen molar-refractivity contribution in [3.8, 4) is 5.75 Å². The van der Waals surface area contributed by atoms with Crippen molar-refractivity contribution >= 4 is 35.8 Å². The van der Waals surface area contributed by atoms with Crippen molar-refractivity contribution in [2.75, 3.05) is 39.8 Å². The number of guanidine groups is 1. The molecule has 2 N–H and O–H groups in total. The van der Waals surface area contributed by atoms with E-state index < -0.39 is 0 Å². The third-order valence-electron chi connectivity index (χ3n) is 4.05. The first-order chi connectivity index (χ1) is 11.7. The molecule has 140 valence electrons. The number of benzene rings is 1. The Bertz CT molecular complexity index is 560. The van der Waals surface area contributed by atoms with Crippen molar-refractivity contribution in [2.45, 2.75) is 26.2 Å². The molecule has 0 unspecified atom stereocenters. The molecular weight excluding hydrogens is 431 g/mol. The number of amides is 1. The summed E-state index contributed by atoms with van der Waals surface area (Å²) in [6.07, 6.45) is 3.04. The van der Waals surface area contributed by atoms with E-state index in [0.717, 1.165) is 56.8 Å². The summed E-state index contributed by atoms with van der Waals surface area (Å²) in [6, 6.07) is 7.99. The van der Waals surface area contributed by atoms with Gasteiger partial charge in [0.2, 0.25) is 5.91 Å². The molecule has 0 atom stereocenters. The molecule has 6 nitrogen and oxygen atoms in total. The van der Waals surface area contributed by atoms with E-state index in [2.05, 4.69) is 21.7 Å². The summed E-state index contributed by atoms with van der Waals surface area (Å²) in [6.45, 7) is 5.43. The van der Waals surface area contributed by atoms with Crippen molar-refractivity contribution in [3.63, 3.8) is 0 Å². The quantitative estimate of drug-likeness (QED) is 0.372. The summed E-state index contributed by atoms with van der Waals surface area (Å²) < 4.78 is 5.36. The van der Waals surface area contributed by atoms with Gasteiger partial charge < -0.3 is 20.3 Å². The van der Waals surface area contributed by atoms with Gasteiger partial charge in [0.1, 0.15) is 12.3 Å². The van der Waals surface area contributed by atoms with E-state index in [-0.39, 0.29) is 36.4 Å². The Hall–Kier alpha value is -1.51. The Morgan fingerprint density at radius 1 is 1.24 bits per heavy atom. The zero-order valence-corrected chi connectivity index (χ0v) is 17.4. The molecular formula is C18H29IN4O2. The zero-order chi connectivity index (χ0) is 17.2. The highest BCUT2D eigenvalue weighted by Gasteiger charge is 2.17. The lowest BCUT2D eigenvalue weighted by molar-refractivity contribution is -0.128. The van der Waals surface area contributed by atoms with Crippen LogP contribution in [0.15, 0.2) is 29.3 Å². The van der Waals surface area contributed by atoms with Crippen LogP contribution in [0.5, 0.6) is 5.75 Å². The van der Waals surface area contributed by atoms with Gasteiger partial charge in [-0.3, -0.25) is 4.79 Å². The lowest BCUT2D eigenvalue weighted by Crippen LogP contribution is -2.39. The van der Waals surface area contributed by atoms with Gasteiger partial charge in [-0.1, -0.05) is 18.2 Å². The number of nitrogens with one attached hydrogen (secondary N) is 2. The van der Waals surface area contributed by atoms with Crippen LogP contribution in [0.3, 0.4) is 0 Å². The predicted molar refractivity (Wildman–Crippen MR) is 112 cm³/mol. The summed E-state index contributed by atoms with van der Waals surface area (Å²) in [5, 5.41) is 6.46. The van der Waals surface area contributed by atoms with Crippen LogP contribution in [0.25, 0.3) is 0 Å². The molecule has 1 aromatic carbocycles. The molecule has 1 aliphatic heterocycles. The minimum absolute atomic E-state index is 0. The van der Waals surface area contributed by atoms with Gasteiger partial charge in [-0.2, -0.15) is 0 Å².